The van der Waals surface area contributed by atoms with Crippen molar-refractivity contribution >= 4 is 17.3 Å². The largest absolute Gasteiger partial charge is 2.00 e. The monoisotopic (exact) mass is 468 g/mol. The maximum Gasteiger partial charge on any atom is 2.00 e. The van der Waals surface area contributed by atoms with E-state index < -0.39 is 5.92 Å². The molecule has 0 saturated carbocycles. The molecule has 0 aromatic carbocycles. The maximum absolute atomic E-state index is 10.6. The van der Waals surface area contributed by atoms with Crippen molar-refractivity contribution in [2.45, 2.75) is 60.3 Å². The van der Waals surface area contributed by atoms with Gasteiger partial charge in [0.05, 0.1) is 0 Å². The van der Waals surface area contributed by atoms with Crippen LogP contribution in [0.1, 0.15) is 60.3 Å². The van der Waals surface area contributed by atoms with Gasteiger partial charge in [-0.25, -0.2) is 0 Å². The molecular formula is C15H28HfO5. The van der Waals surface area contributed by atoms with Crippen LogP contribution >= 0.6 is 0 Å². The molecule has 21 heavy (non-hydrogen) atoms. The average molecular weight is 467 g/mol. The molecule has 6 heteroatoms. The van der Waals surface area contributed by atoms with Gasteiger partial charge in [0.2, 0.25) is 0 Å². The fraction of sp³-hybridized carbons (Fsp3) is 0.800. The number of carbonyl (C=O) groups excluding carboxylic acids is 3. The second kappa shape index (κ2) is 22.1. The van der Waals surface area contributed by atoms with Gasteiger partial charge in [-0.15, -0.1) is 13.2 Å². The summed E-state index contributed by atoms with van der Waals surface area (Å²) in [6.07, 6.45) is 3.73. The van der Waals surface area contributed by atoms with Crippen molar-refractivity contribution in [3.05, 3.63) is 0 Å². The van der Waals surface area contributed by atoms with Gasteiger partial charge in [0.15, 0.2) is 0 Å². The maximum atomic E-state index is 10.6. The van der Waals surface area contributed by atoms with Crippen LogP contribution in [0.5, 0.6) is 0 Å². The van der Waals surface area contributed by atoms with Gasteiger partial charge in [0.1, 0.15) is 23.3 Å². The second-order valence-electron chi connectivity index (χ2n) is 4.38. The first-order chi connectivity index (χ1) is 9.29. The fourth-order valence-electron chi connectivity index (χ4n) is 1.15. The van der Waals surface area contributed by atoms with Gasteiger partial charge in [0.25, 0.3) is 0 Å². The van der Waals surface area contributed by atoms with E-state index >= 15 is 0 Å². The molecule has 5 nitrogen and oxygen atoms in total. The topological polar surface area (TPSA) is 97.3 Å². The summed E-state index contributed by atoms with van der Waals surface area (Å²) in [4.78, 5) is 31.8. The first kappa shape index (κ1) is 28.9. The Kier molecular flexibility index (Phi) is 30.4. The molecule has 0 rings (SSSR count). The summed E-state index contributed by atoms with van der Waals surface area (Å²) in [6.45, 7) is 7.94. The summed E-state index contributed by atoms with van der Waals surface area (Å²) in [5.74, 6) is -2.15. The number of ketones is 3. The molecule has 0 amide bonds. The Bertz CT molecular complexity index is 224. The van der Waals surface area contributed by atoms with Crippen LogP contribution in [-0.4, -0.2) is 30.6 Å². The molecule has 0 radical (unpaired) electrons. The molecule has 0 aromatic heterocycles. The predicted molar refractivity (Wildman–Crippen MR) is 75.1 cm³/mol. The van der Waals surface area contributed by atoms with Crippen molar-refractivity contribution in [2.75, 3.05) is 13.2 Å². The van der Waals surface area contributed by atoms with Gasteiger partial charge in [-0.2, -0.15) is 0 Å². The minimum absolute atomic E-state index is 0. The van der Waals surface area contributed by atoms with Crippen LogP contribution in [0.15, 0.2) is 0 Å². The molecule has 0 unspecified atom stereocenters. The van der Waals surface area contributed by atoms with E-state index in [0.717, 1.165) is 25.7 Å². The number of rotatable bonds is 7. The van der Waals surface area contributed by atoms with Gasteiger partial charge in [-0.1, -0.05) is 39.5 Å². The van der Waals surface area contributed by atoms with Crippen LogP contribution in [0.3, 0.4) is 0 Å². The van der Waals surface area contributed by atoms with Gasteiger partial charge >= 0.3 is 25.8 Å². The SMILES string of the molecule is CC(=O)C(C(C)=O)C(C)=O.CCCC[O-].CCCC[O-].[Hf+2]. The Morgan fingerprint density at radius 3 is 1.00 bits per heavy atom. The normalized spacial score (nSPS) is 8.57. The first-order valence-corrected chi connectivity index (χ1v) is 6.97. The van der Waals surface area contributed by atoms with Crippen LogP contribution in [0, 0.1) is 5.92 Å². The van der Waals surface area contributed by atoms with Crippen molar-refractivity contribution in [1.82, 2.24) is 0 Å². The van der Waals surface area contributed by atoms with E-state index in [1.165, 1.54) is 20.8 Å². The molecular weight excluding hydrogens is 439 g/mol. The van der Waals surface area contributed by atoms with E-state index in [1.807, 2.05) is 13.8 Å². The van der Waals surface area contributed by atoms with Gasteiger partial charge in [-0.05, 0) is 20.8 Å². The molecule has 0 spiro atoms. The summed E-state index contributed by atoms with van der Waals surface area (Å²) >= 11 is 0. The zero-order valence-electron chi connectivity index (χ0n) is 13.9. The average Bonchev–Trinajstić information content (AvgIpc) is 2.30. The Morgan fingerprint density at radius 2 is 1.00 bits per heavy atom. The van der Waals surface area contributed by atoms with Crippen molar-refractivity contribution < 1.29 is 50.4 Å². The quantitative estimate of drug-likeness (QED) is 0.405. The number of carbonyl (C=O) groups is 3. The standard InChI is InChI=1S/C7H10O3.2C4H9O.Hf/c1-4(8)7(5(2)9)6(3)10;2*1-2-3-4-5;/h7H,1-3H3;2*2-4H2,1H3;/q;2*-1;+2. The van der Waals surface area contributed by atoms with E-state index in [-0.39, 0.29) is 56.4 Å². The second-order valence-corrected chi connectivity index (χ2v) is 4.38. The van der Waals surface area contributed by atoms with Gasteiger partial charge < -0.3 is 10.2 Å². The summed E-state index contributed by atoms with van der Waals surface area (Å²) in [6, 6.07) is 0. The van der Waals surface area contributed by atoms with Crippen molar-refractivity contribution in [2.24, 2.45) is 5.92 Å². The molecule has 0 aliphatic heterocycles. The molecule has 0 aliphatic carbocycles. The zero-order valence-corrected chi connectivity index (χ0v) is 17.5. The summed E-state index contributed by atoms with van der Waals surface area (Å²) in [5, 5.41) is 19.1. The summed E-state index contributed by atoms with van der Waals surface area (Å²) < 4.78 is 0. The molecule has 0 heterocycles. The Hall–Kier alpha value is -0.200. The van der Waals surface area contributed by atoms with Crippen LogP contribution in [0.4, 0.5) is 0 Å². The summed E-state index contributed by atoms with van der Waals surface area (Å²) in [5.41, 5.74) is 0. The van der Waals surface area contributed by atoms with Gasteiger partial charge in [-0.3, -0.25) is 14.4 Å². The van der Waals surface area contributed by atoms with Crippen LogP contribution in [0.25, 0.3) is 0 Å². The van der Waals surface area contributed by atoms with E-state index in [9.17, 15) is 24.6 Å². The van der Waals surface area contributed by atoms with E-state index in [1.54, 1.807) is 0 Å². The molecule has 0 saturated heterocycles. The minimum Gasteiger partial charge on any atom is -0.854 e. The molecule has 0 bridgehead atoms. The molecule has 0 aliphatic rings. The third-order valence-corrected chi connectivity index (χ3v) is 2.22. The van der Waals surface area contributed by atoms with Gasteiger partial charge in [0, 0.05) is 0 Å². The minimum atomic E-state index is -1.03. The van der Waals surface area contributed by atoms with Crippen LogP contribution < -0.4 is 10.2 Å². The molecule has 0 atom stereocenters. The Balaban J connectivity index is -0.000000112. The smallest absolute Gasteiger partial charge is 0.854 e. The summed E-state index contributed by atoms with van der Waals surface area (Å²) in [7, 11) is 0. The van der Waals surface area contributed by atoms with E-state index in [2.05, 4.69) is 0 Å². The first-order valence-electron chi connectivity index (χ1n) is 6.97. The number of Topliss-reactive ketones (excluding diaryl/α,β-unsaturated/α-hetero) is 3. The number of unbranched alkanes of at least 4 members (excludes halogenated alkanes) is 2. The van der Waals surface area contributed by atoms with Crippen molar-refractivity contribution in [3.63, 3.8) is 0 Å². The Labute approximate surface area is 147 Å². The number of hydrogen-bond acceptors (Lipinski definition) is 5. The molecule has 0 fully saturated rings. The van der Waals surface area contributed by atoms with Crippen LogP contribution in [0.2, 0.25) is 0 Å². The van der Waals surface area contributed by atoms with E-state index in [4.69, 9.17) is 0 Å². The number of hydrogen-bond donors (Lipinski definition) is 0. The van der Waals surface area contributed by atoms with E-state index in [0.29, 0.717) is 0 Å². The van der Waals surface area contributed by atoms with Crippen LogP contribution in [-0.2, 0) is 40.2 Å². The molecule has 122 valence electrons. The third-order valence-electron chi connectivity index (χ3n) is 2.22. The third kappa shape index (κ3) is 25.1. The Morgan fingerprint density at radius 1 is 0.762 bits per heavy atom. The zero-order chi connectivity index (χ0) is 16.6. The van der Waals surface area contributed by atoms with Crippen molar-refractivity contribution in [3.8, 4) is 0 Å². The van der Waals surface area contributed by atoms with Crippen molar-refractivity contribution in [1.29, 1.82) is 0 Å². The molecule has 0 N–H and O–H groups in total. The predicted octanol–water partition coefficient (Wildman–Crippen LogP) is 0.661. The molecule has 0 aromatic rings. The fourth-order valence-corrected chi connectivity index (χ4v) is 1.15.